The number of sulfonamides is 2. The maximum Gasteiger partial charge on any atom is 0.265 e. The van der Waals surface area contributed by atoms with Gasteiger partial charge in [-0.3, -0.25) is 9.03 Å². The van der Waals surface area contributed by atoms with Crippen LogP contribution in [0.4, 0.5) is 11.4 Å². The highest BCUT2D eigenvalue weighted by molar-refractivity contribution is 7.93. The van der Waals surface area contributed by atoms with Crippen molar-refractivity contribution in [2.45, 2.75) is 18.2 Å². The van der Waals surface area contributed by atoms with Crippen LogP contribution < -0.4 is 13.8 Å². The van der Waals surface area contributed by atoms with Crippen molar-refractivity contribution in [1.29, 1.82) is 0 Å². The highest BCUT2D eigenvalue weighted by atomic mass is 32.2. The molecule has 0 saturated carbocycles. The third-order valence-corrected chi connectivity index (χ3v) is 7.37. The first-order chi connectivity index (χ1) is 12.2. The van der Waals surface area contributed by atoms with E-state index in [4.69, 9.17) is 4.74 Å². The fourth-order valence-electron chi connectivity index (χ4n) is 2.86. The lowest BCUT2D eigenvalue weighted by Crippen LogP contribution is -2.25. The van der Waals surface area contributed by atoms with Gasteiger partial charge in [0.1, 0.15) is 10.6 Å². The van der Waals surface area contributed by atoms with Gasteiger partial charge in [-0.25, -0.2) is 16.8 Å². The third-order valence-electron chi connectivity index (χ3n) is 4.09. The Balaban J connectivity index is 1.94. The molecule has 2 aromatic carbocycles. The molecular weight excluding hydrogens is 376 g/mol. The molecule has 1 heterocycles. The van der Waals surface area contributed by atoms with Gasteiger partial charge in [-0.05, 0) is 49.2 Å². The summed E-state index contributed by atoms with van der Waals surface area (Å²) < 4.78 is 58.6. The molecule has 9 heteroatoms. The monoisotopic (exact) mass is 396 g/mol. The number of rotatable bonds is 5. The molecule has 1 aliphatic rings. The van der Waals surface area contributed by atoms with E-state index in [2.05, 4.69) is 4.72 Å². The first-order valence-corrected chi connectivity index (χ1v) is 11.1. The Hall–Kier alpha value is -2.26. The van der Waals surface area contributed by atoms with Crippen LogP contribution in [0, 0.1) is 6.92 Å². The van der Waals surface area contributed by atoms with E-state index >= 15 is 0 Å². The van der Waals surface area contributed by atoms with Crippen molar-refractivity contribution in [3.63, 3.8) is 0 Å². The van der Waals surface area contributed by atoms with Crippen molar-refractivity contribution in [2.75, 3.05) is 28.4 Å². The van der Waals surface area contributed by atoms with Gasteiger partial charge >= 0.3 is 0 Å². The summed E-state index contributed by atoms with van der Waals surface area (Å²) in [6, 6.07) is 11.2. The highest BCUT2D eigenvalue weighted by Gasteiger charge is 2.28. The summed E-state index contributed by atoms with van der Waals surface area (Å²) >= 11 is 0. The summed E-state index contributed by atoms with van der Waals surface area (Å²) in [6.07, 6.45) is 0.554. The summed E-state index contributed by atoms with van der Waals surface area (Å²) in [5.74, 6) is 0.338. The van der Waals surface area contributed by atoms with Crippen LogP contribution in [0.5, 0.6) is 5.75 Å². The second-order valence-electron chi connectivity index (χ2n) is 6.05. The van der Waals surface area contributed by atoms with Crippen LogP contribution in [0.25, 0.3) is 0 Å². The lowest BCUT2D eigenvalue weighted by atomic mass is 10.2. The molecule has 1 saturated heterocycles. The second-order valence-corrected chi connectivity index (χ2v) is 9.72. The number of hydrogen-bond donors (Lipinski definition) is 1. The van der Waals surface area contributed by atoms with Gasteiger partial charge < -0.3 is 4.74 Å². The van der Waals surface area contributed by atoms with Crippen molar-refractivity contribution in [3.8, 4) is 5.75 Å². The molecule has 0 radical (unpaired) electrons. The van der Waals surface area contributed by atoms with Gasteiger partial charge in [0.2, 0.25) is 10.0 Å². The van der Waals surface area contributed by atoms with E-state index in [1.165, 1.54) is 23.5 Å². The number of anilines is 2. The summed E-state index contributed by atoms with van der Waals surface area (Å²) in [7, 11) is -5.82. The number of ether oxygens (including phenoxy) is 1. The van der Waals surface area contributed by atoms with Crippen LogP contribution in [0.15, 0.2) is 47.4 Å². The van der Waals surface area contributed by atoms with E-state index in [0.29, 0.717) is 18.7 Å². The first kappa shape index (κ1) is 18.5. The largest absolute Gasteiger partial charge is 0.495 e. The molecule has 1 aliphatic heterocycles. The Morgan fingerprint density at radius 3 is 2.58 bits per heavy atom. The van der Waals surface area contributed by atoms with E-state index in [1.54, 1.807) is 37.3 Å². The highest BCUT2D eigenvalue weighted by Crippen LogP contribution is 2.30. The van der Waals surface area contributed by atoms with E-state index in [9.17, 15) is 16.8 Å². The zero-order valence-electron chi connectivity index (χ0n) is 14.5. The van der Waals surface area contributed by atoms with Crippen LogP contribution in [0.1, 0.15) is 12.0 Å². The maximum absolute atomic E-state index is 12.8. The van der Waals surface area contributed by atoms with Gasteiger partial charge in [-0.2, -0.15) is 0 Å². The molecule has 0 amide bonds. The number of aryl methyl sites for hydroxylation is 1. The molecule has 0 bridgehead atoms. The van der Waals surface area contributed by atoms with Crippen molar-refractivity contribution >= 4 is 31.4 Å². The third kappa shape index (κ3) is 3.63. The quantitative estimate of drug-likeness (QED) is 0.837. The van der Waals surface area contributed by atoms with E-state index in [-0.39, 0.29) is 22.1 Å². The maximum atomic E-state index is 12.8. The van der Waals surface area contributed by atoms with Gasteiger partial charge in [0, 0.05) is 6.54 Å². The molecular formula is C17H20N2O5S2. The van der Waals surface area contributed by atoms with E-state index in [0.717, 1.165) is 5.56 Å². The first-order valence-electron chi connectivity index (χ1n) is 8.01. The fraction of sp³-hybridized carbons (Fsp3) is 0.294. The Kier molecular flexibility index (Phi) is 4.85. The topological polar surface area (TPSA) is 92.8 Å². The van der Waals surface area contributed by atoms with Crippen molar-refractivity contribution in [2.24, 2.45) is 0 Å². The predicted octanol–water partition coefficient (Wildman–Crippen LogP) is 2.34. The van der Waals surface area contributed by atoms with Crippen molar-refractivity contribution < 1.29 is 21.6 Å². The zero-order chi connectivity index (χ0) is 18.9. The number of hydrogen-bond acceptors (Lipinski definition) is 5. The Morgan fingerprint density at radius 1 is 1.15 bits per heavy atom. The molecule has 140 valence electrons. The number of benzene rings is 2. The Morgan fingerprint density at radius 2 is 1.92 bits per heavy atom. The van der Waals surface area contributed by atoms with Crippen molar-refractivity contribution in [1.82, 2.24) is 0 Å². The molecule has 26 heavy (non-hydrogen) atoms. The average molecular weight is 396 g/mol. The molecule has 0 atom stereocenters. The second kappa shape index (κ2) is 6.81. The van der Waals surface area contributed by atoms with Gasteiger partial charge in [0.05, 0.1) is 24.2 Å². The average Bonchev–Trinajstić information content (AvgIpc) is 2.94. The SMILES string of the molecule is COc1ccc(C)cc1S(=O)(=O)Nc1cccc(N2CCCS2(=O)=O)c1. The van der Waals surface area contributed by atoms with Gasteiger partial charge in [-0.1, -0.05) is 12.1 Å². The Labute approximate surface area is 153 Å². The van der Waals surface area contributed by atoms with Crippen LogP contribution >= 0.6 is 0 Å². The molecule has 0 spiro atoms. The molecule has 0 aromatic heterocycles. The molecule has 1 fully saturated rings. The fourth-order valence-corrected chi connectivity index (χ4v) is 5.72. The van der Waals surface area contributed by atoms with Crippen LogP contribution in [0.3, 0.4) is 0 Å². The van der Waals surface area contributed by atoms with Crippen molar-refractivity contribution in [3.05, 3.63) is 48.0 Å². The molecule has 2 aromatic rings. The van der Waals surface area contributed by atoms with Crippen LogP contribution in [-0.4, -0.2) is 36.2 Å². The van der Waals surface area contributed by atoms with Crippen LogP contribution in [0.2, 0.25) is 0 Å². The summed E-state index contributed by atoms with van der Waals surface area (Å²) in [5.41, 5.74) is 1.51. The number of methoxy groups -OCH3 is 1. The molecule has 1 N–H and O–H groups in total. The standard InChI is InChI=1S/C17H20N2O5S2/c1-13-7-8-16(24-2)17(11-13)26(22,23)18-14-5-3-6-15(12-14)19-9-4-10-25(19,20)21/h3,5-8,11-12,18H,4,9-10H2,1-2H3. The van der Waals surface area contributed by atoms with Gasteiger partial charge in [-0.15, -0.1) is 0 Å². The summed E-state index contributed by atoms with van der Waals surface area (Å²) in [5, 5.41) is 0. The minimum Gasteiger partial charge on any atom is -0.495 e. The summed E-state index contributed by atoms with van der Waals surface area (Å²) in [4.78, 5) is 0.0270. The lowest BCUT2D eigenvalue weighted by Gasteiger charge is -2.18. The van der Waals surface area contributed by atoms with E-state index in [1.807, 2.05) is 0 Å². The Bertz CT molecular complexity index is 1030. The molecule has 3 rings (SSSR count). The number of nitrogens with zero attached hydrogens (tertiary/aromatic N) is 1. The van der Waals surface area contributed by atoms with E-state index < -0.39 is 20.0 Å². The predicted molar refractivity (Wildman–Crippen MR) is 101 cm³/mol. The summed E-state index contributed by atoms with van der Waals surface area (Å²) in [6.45, 7) is 2.18. The minimum atomic E-state index is -3.89. The number of nitrogens with one attached hydrogen (secondary N) is 1. The van der Waals surface area contributed by atoms with Crippen LogP contribution in [-0.2, 0) is 20.0 Å². The zero-order valence-corrected chi connectivity index (χ0v) is 16.1. The smallest absolute Gasteiger partial charge is 0.265 e. The van der Waals surface area contributed by atoms with Gasteiger partial charge in [0.25, 0.3) is 10.0 Å². The minimum absolute atomic E-state index is 0.0270. The molecule has 7 nitrogen and oxygen atoms in total. The molecule has 0 unspecified atom stereocenters. The lowest BCUT2D eigenvalue weighted by molar-refractivity contribution is 0.402. The molecule has 0 aliphatic carbocycles. The van der Waals surface area contributed by atoms with Gasteiger partial charge in [0.15, 0.2) is 0 Å². The normalized spacial score (nSPS) is 16.5.